The molecule has 6 nitrogen and oxygen atoms in total. The summed E-state index contributed by atoms with van der Waals surface area (Å²) in [5.41, 5.74) is 0. The van der Waals surface area contributed by atoms with Crippen LogP contribution in [-0.4, -0.2) is 37.2 Å². The van der Waals surface area contributed by atoms with E-state index < -0.39 is 6.10 Å². The SMILES string of the molecule is CCCCCCCC/C=C\CCCCCCCCCCCC(=O)OC(COC(=O)CCCCCCCCC/C=C\CCCCCCCCC)COC(=O)CCCCCCCCCCCCC/C=C\CCCCCCCCCC. The number of rotatable bonds is 65. The van der Waals surface area contributed by atoms with Gasteiger partial charge in [0.25, 0.3) is 0 Å². The summed E-state index contributed by atoms with van der Waals surface area (Å²) in [6.07, 6.45) is 83.0. The smallest absolute Gasteiger partial charge is 0.306 e. The van der Waals surface area contributed by atoms with Gasteiger partial charge in [0.1, 0.15) is 13.2 Å². The van der Waals surface area contributed by atoms with Gasteiger partial charge in [0.05, 0.1) is 0 Å². The first-order valence-corrected chi connectivity index (χ1v) is 35.0. The molecule has 0 heterocycles. The fraction of sp³-hybridized carbons (Fsp3) is 0.875. The molecule has 458 valence electrons. The zero-order chi connectivity index (χ0) is 56.4. The minimum atomic E-state index is -0.775. The molecule has 78 heavy (non-hydrogen) atoms. The van der Waals surface area contributed by atoms with E-state index >= 15 is 0 Å². The summed E-state index contributed by atoms with van der Waals surface area (Å²) >= 11 is 0. The van der Waals surface area contributed by atoms with Gasteiger partial charge >= 0.3 is 17.9 Å². The van der Waals surface area contributed by atoms with Crippen molar-refractivity contribution in [1.82, 2.24) is 0 Å². The molecule has 0 aromatic rings. The molecule has 0 bridgehead atoms. The second-order valence-electron chi connectivity index (χ2n) is 23.8. The molecule has 0 aliphatic carbocycles. The van der Waals surface area contributed by atoms with Gasteiger partial charge in [0.2, 0.25) is 0 Å². The number of hydrogen-bond donors (Lipinski definition) is 0. The number of carbonyl (C=O) groups excluding carboxylic acids is 3. The molecule has 0 saturated heterocycles. The van der Waals surface area contributed by atoms with Crippen LogP contribution in [0.5, 0.6) is 0 Å². The summed E-state index contributed by atoms with van der Waals surface area (Å²) < 4.78 is 17.0. The maximum atomic E-state index is 12.9. The Morgan fingerprint density at radius 3 is 0.641 bits per heavy atom. The lowest BCUT2D eigenvalue weighted by molar-refractivity contribution is -0.167. The summed E-state index contributed by atoms with van der Waals surface area (Å²) in [5.74, 6) is -0.851. The number of carbonyl (C=O) groups is 3. The molecule has 1 unspecified atom stereocenters. The number of hydrogen-bond acceptors (Lipinski definition) is 6. The Kier molecular flexibility index (Phi) is 65.1. The van der Waals surface area contributed by atoms with E-state index in [0.717, 1.165) is 57.8 Å². The van der Waals surface area contributed by atoms with E-state index in [0.29, 0.717) is 19.3 Å². The summed E-state index contributed by atoms with van der Waals surface area (Å²) in [6, 6.07) is 0. The second kappa shape index (κ2) is 67.1. The van der Waals surface area contributed by atoms with Crippen molar-refractivity contribution >= 4 is 17.9 Å². The Labute approximate surface area is 486 Å². The Morgan fingerprint density at radius 1 is 0.244 bits per heavy atom. The molecule has 0 aliphatic heterocycles. The Morgan fingerprint density at radius 2 is 0.423 bits per heavy atom. The monoisotopic (exact) mass is 1100 g/mol. The van der Waals surface area contributed by atoms with Crippen molar-refractivity contribution < 1.29 is 28.6 Å². The molecule has 0 N–H and O–H groups in total. The van der Waals surface area contributed by atoms with Crippen LogP contribution in [0.2, 0.25) is 0 Å². The fourth-order valence-corrected chi connectivity index (χ4v) is 10.5. The minimum absolute atomic E-state index is 0.0711. The van der Waals surface area contributed by atoms with Crippen LogP contribution in [0.3, 0.4) is 0 Å². The summed E-state index contributed by atoms with van der Waals surface area (Å²) in [4.78, 5) is 38.5. The first-order chi connectivity index (χ1) is 38.5. The average molecular weight is 1100 g/mol. The number of esters is 3. The van der Waals surface area contributed by atoms with Gasteiger partial charge in [-0.3, -0.25) is 14.4 Å². The van der Waals surface area contributed by atoms with Gasteiger partial charge in [0, 0.05) is 19.3 Å². The average Bonchev–Trinajstić information content (AvgIpc) is 3.44. The van der Waals surface area contributed by atoms with E-state index in [1.54, 1.807) is 0 Å². The van der Waals surface area contributed by atoms with E-state index in [-0.39, 0.29) is 31.1 Å². The third-order valence-corrected chi connectivity index (χ3v) is 15.8. The van der Waals surface area contributed by atoms with Crippen LogP contribution in [0, 0.1) is 0 Å². The van der Waals surface area contributed by atoms with Crippen LogP contribution in [-0.2, 0) is 28.6 Å². The van der Waals surface area contributed by atoms with Gasteiger partial charge in [-0.1, -0.05) is 308 Å². The molecule has 6 heteroatoms. The van der Waals surface area contributed by atoms with E-state index in [1.807, 2.05) is 0 Å². The van der Waals surface area contributed by atoms with E-state index in [4.69, 9.17) is 14.2 Å². The summed E-state index contributed by atoms with van der Waals surface area (Å²) in [7, 11) is 0. The van der Waals surface area contributed by atoms with Crippen molar-refractivity contribution in [3.8, 4) is 0 Å². The normalized spacial score (nSPS) is 12.2. The van der Waals surface area contributed by atoms with Gasteiger partial charge in [-0.2, -0.15) is 0 Å². The fourth-order valence-electron chi connectivity index (χ4n) is 10.5. The third kappa shape index (κ3) is 64.5. The standard InChI is InChI=1S/C72H134O6/c1-4-7-10-13-16-19-22-25-28-31-34-35-36-37-39-41-44-47-50-53-56-59-62-65-71(74)77-68-69(67-76-70(73)64-61-58-55-52-49-46-43-40-33-30-27-24-21-18-15-12-9-6-3)78-72(75)66-63-60-57-54-51-48-45-42-38-32-29-26-23-20-17-14-11-8-5-2/h26,29-31,33-34,69H,4-25,27-28,32,35-68H2,1-3H3/b29-26-,33-30-,34-31-. The Hall–Kier alpha value is -2.37. The first kappa shape index (κ1) is 75.6. The minimum Gasteiger partial charge on any atom is -0.462 e. The molecule has 0 spiro atoms. The van der Waals surface area contributed by atoms with E-state index in [9.17, 15) is 14.4 Å². The van der Waals surface area contributed by atoms with Crippen LogP contribution in [0.1, 0.15) is 387 Å². The maximum Gasteiger partial charge on any atom is 0.306 e. The lowest BCUT2D eigenvalue weighted by atomic mass is 10.0. The largest absolute Gasteiger partial charge is 0.462 e. The zero-order valence-corrected chi connectivity index (χ0v) is 52.7. The van der Waals surface area contributed by atoms with Gasteiger partial charge in [-0.15, -0.1) is 0 Å². The van der Waals surface area contributed by atoms with Gasteiger partial charge in [-0.25, -0.2) is 0 Å². The number of ether oxygens (including phenoxy) is 3. The predicted molar refractivity (Wildman–Crippen MR) is 339 cm³/mol. The van der Waals surface area contributed by atoms with Crippen molar-refractivity contribution in [2.24, 2.45) is 0 Å². The Bertz CT molecular complexity index is 1300. The second-order valence-corrected chi connectivity index (χ2v) is 23.8. The highest BCUT2D eigenvalue weighted by Gasteiger charge is 2.19. The van der Waals surface area contributed by atoms with E-state index in [1.165, 1.54) is 289 Å². The van der Waals surface area contributed by atoms with Crippen molar-refractivity contribution in [2.45, 2.75) is 393 Å². The lowest BCUT2D eigenvalue weighted by Crippen LogP contribution is -2.30. The lowest BCUT2D eigenvalue weighted by Gasteiger charge is -2.18. The van der Waals surface area contributed by atoms with Crippen molar-refractivity contribution in [3.05, 3.63) is 36.5 Å². The Balaban J connectivity index is 4.32. The van der Waals surface area contributed by atoms with Crippen molar-refractivity contribution in [3.63, 3.8) is 0 Å². The van der Waals surface area contributed by atoms with Gasteiger partial charge in [-0.05, 0) is 96.3 Å². The molecule has 0 radical (unpaired) electrons. The van der Waals surface area contributed by atoms with Crippen LogP contribution in [0.15, 0.2) is 36.5 Å². The molecular weight excluding hydrogens is 961 g/mol. The molecule has 0 saturated carbocycles. The molecular formula is C72H134O6. The molecule has 0 aromatic heterocycles. The maximum absolute atomic E-state index is 12.9. The predicted octanol–water partition coefficient (Wildman–Crippen LogP) is 23.9. The number of unbranched alkanes of at least 4 members (excludes halogenated alkanes) is 48. The van der Waals surface area contributed by atoms with Crippen molar-refractivity contribution in [1.29, 1.82) is 0 Å². The quantitative estimate of drug-likeness (QED) is 0.0261. The third-order valence-electron chi connectivity index (χ3n) is 15.8. The highest BCUT2D eigenvalue weighted by molar-refractivity contribution is 5.71. The van der Waals surface area contributed by atoms with Crippen LogP contribution in [0.25, 0.3) is 0 Å². The molecule has 0 rings (SSSR count). The van der Waals surface area contributed by atoms with Gasteiger partial charge in [0.15, 0.2) is 6.10 Å². The van der Waals surface area contributed by atoms with Crippen LogP contribution < -0.4 is 0 Å². The molecule has 1 atom stereocenters. The summed E-state index contributed by atoms with van der Waals surface area (Å²) in [6.45, 7) is 6.70. The van der Waals surface area contributed by atoms with Gasteiger partial charge < -0.3 is 14.2 Å². The molecule has 0 fully saturated rings. The topological polar surface area (TPSA) is 78.9 Å². The van der Waals surface area contributed by atoms with Crippen LogP contribution >= 0.6 is 0 Å². The highest BCUT2D eigenvalue weighted by Crippen LogP contribution is 2.18. The molecule has 0 aromatic carbocycles. The summed E-state index contributed by atoms with van der Waals surface area (Å²) in [5, 5.41) is 0. The molecule has 0 aliphatic rings. The highest BCUT2D eigenvalue weighted by atomic mass is 16.6. The van der Waals surface area contributed by atoms with E-state index in [2.05, 4.69) is 57.2 Å². The van der Waals surface area contributed by atoms with Crippen LogP contribution in [0.4, 0.5) is 0 Å². The first-order valence-electron chi connectivity index (χ1n) is 35.0. The number of allylic oxidation sites excluding steroid dienone is 6. The zero-order valence-electron chi connectivity index (χ0n) is 52.7. The van der Waals surface area contributed by atoms with Crippen molar-refractivity contribution in [2.75, 3.05) is 13.2 Å². The molecule has 0 amide bonds.